The van der Waals surface area contributed by atoms with Crippen LogP contribution in [0.3, 0.4) is 0 Å². The summed E-state index contributed by atoms with van der Waals surface area (Å²) < 4.78 is 39.6. The van der Waals surface area contributed by atoms with Crippen LogP contribution < -0.4 is 5.32 Å². The van der Waals surface area contributed by atoms with Crippen molar-refractivity contribution in [2.45, 2.75) is 44.6 Å². The lowest BCUT2D eigenvalue weighted by molar-refractivity contribution is 0.302. The molecule has 0 aromatic heterocycles. The van der Waals surface area contributed by atoms with Crippen LogP contribution in [0.5, 0.6) is 0 Å². The van der Waals surface area contributed by atoms with Crippen LogP contribution in [0.1, 0.15) is 38.5 Å². The van der Waals surface area contributed by atoms with Gasteiger partial charge in [-0.3, -0.25) is 0 Å². The molecule has 0 radical (unpaired) electrons. The molecular formula is C15H18F3N. The van der Waals surface area contributed by atoms with Gasteiger partial charge in [-0.05, 0) is 49.7 Å². The molecule has 2 atom stereocenters. The quantitative estimate of drug-likeness (QED) is 0.797. The van der Waals surface area contributed by atoms with Crippen molar-refractivity contribution >= 4 is 5.69 Å². The molecule has 2 aliphatic rings. The Bertz CT molecular complexity index is 471. The van der Waals surface area contributed by atoms with Crippen LogP contribution in [-0.2, 0) is 0 Å². The van der Waals surface area contributed by atoms with Gasteiger partial charge in [-0.2, -0.15) is 0 Å². The van der Waals surface area contributed by atoms with Gasteiger partial charge in [-0.15, -0.1) is 0 Å². The van der Waals surface area contributed by atoms with Gasteiger partial charge in [0.2, 0.25) is 0 Å². The van der Waals surface area contributed by atoms with E-state index in [2.05, 4.69) is 5.32 Å². The van der Waals surface area contributed by atoms with E-state index in [-0.39, 0.29) is 11.7 Å². The Balaban J connectivity index is 1.68. The van der Waals surface area contributed by atoms with Crippen LogP contribution in [0.2, 0.25) is 0 Å². The minimum absolute atomic E-state index is 0.0837. The Morgan fingerprint density at radius 2 is 1.68 bits per heavy atom. The molecule has 104 valence electrons. The fraction of sp³-hybridized carbons (Fsp3) is 0.600. The Morgan fingerprint density at radius 1 is 0.895 bits per heavy atom. The third kappa shape index (κ3) is 2.72. The molecular weight excluding hydrogens is 251 g/mol. The first-order valence-electron chi connectivity index (χ1n) is 7.05. The first-order chi connectivity index (χ1) is 9.15. The second kappa shape index (κ2) is 5.06. The van der Waals surface area contributed by atoms with Crippen molar-refractivity contribution in [2.75, 3.05) is 5.32 Å². The minimum Gasteiger partial charge on any atom is -0.380 e. The first-order valence-corrected chi connectivity index (χ1v) is 7.05. The predicted octanol–water partition coefficient (Wildman–Crippen LogP) is 4.48. The summed E-state index contributed by atoms with van der Waals surface area (Å²) in [5.74, 6) is -2.06. The van der Waals surface area contributed by atoms with Gasteiger partial charge in [0, 0.05) is 6.04 Å². The lowest BCUT2D eigenvalue weighted by Gasteiger charge is -2.30. The number of halogens is 3. The van der Waals surface area contributed by atoms with E-state index >= 15 is 0 Å². The van der Waals surface area contributed by atoms with Crippen molar-refractivity contribution in [1.29, 1.82) is 0 Å². The molecule has 1 nitrogen and oxygen atoms in total. The summed E-state index contributed by atoms with van der Waals surface area (Å²) in [5, 5.41) is 3.05. The molecule has 1 aromatic rings. The van der Waals surface area contributed by atoms with Crippen LogP contribution >= 0.6 is 0 Å². The van der Waals surface area contributed by atoms with Gasteiger partial charge in [0.1, 0.15) is 0 Å². The molecule has 0 aliphatic heterocycles. The summed E-state index contributed by atoms with van der Waals surface area (Å²) in [6.45, 7) is 0. The fourth-order valence-electron chi connectivity index (χ4n) is 3.21. The van der Waals surface area contributed by atoms with Gasteiger partial charge < -0.3 is 5.32 Å². The lowest BCUT2D eigenvalue weighted by Crippen LogP contribution is -2.28. The number of anilines is 1. The van der Waals surface area contributed by atoms with E-state index < -0.39 is 17.5 Å². The van der Waals surface area contributed by atoms with Crippen LogP contribution in [0.25, 0.3) is 0 Å². The monoisotopic (exact) mass is 269 g/mol. The zero-order chi connectivity index (χ0) is 13.4. The van der Waals surface area contributed by atoms with Gasteiger partial charge >= 0.3 is 0 Å². The topological polar surface area (TPSA) is 12.0 Å². The highest BCUT2D eigenvalue weighted by atomic mass is 19.2. The molecule has 3 rings (SSSR count). The van der Waals surface area contributed by atoms with Crippen molar-refractivity contribution in [1.82, 2.24) is 0 Å². The maximum Gasteiger partial charge on any atom is 0.196 e. The van der Waals surface area contributed by atoms with Crippen molar-refractivity contribution in [3.8, 4) is 0 Å². The largest absolute Gasteiger partial charge is 0.380 e. The molecule has 1 aromatic carbocycles. The van der Waals surface area contributed by atoms with E-state index in [1.165, 1.54) is 25.3 Å². The Labute approximate surface area is 111 Å². The third-order valence-electron chi connectivity index (χ3n) is 4.40. The van der Waals surface area contributed by atoms with Gasteiger partial charge in [-0.1, -0.05) is 12.8 Å². The lowest BCUT2D eigenvalue weighted by atomic mass is 9.82. The van der Waals surface area contributed by atoms with Crippen molar-refractivity contribution in [3.63, 3.8) is 0 Å². The number of hydrogen-bond donors (Lipinski definition) is 1. The Hall–Kier alpha value is -1.19. The molecule has 1 N–H and O–H groups in total. The summed E-state index contributed by atoms with van der Waals surface area (Å²) in [6, 6.07) is 2.44. The molecule has 0 heterocycles. The number of benzene rings is 1. The van der Waals surface area contributed by atoms with Crippen LogP contribution in [0.15, 0.2) is 12.1 Å². The van der Waals surface area contributed by atoms with Gasteiger partial charge in [0.15, 0.2) is 17.5 Å². The second-order valence-electron chi connectivity index (χ2n) is 5.83. The molecule has 2 aliphatic carbocycles. The summed E-state index contributed by atoms with van der Waals surface area (Å²) in [6.07, 6.45) is 7.01. The molecule has 0 amide bonds. The summed E-state index contributed by atoms with van der Waals surface area (Å²) >= 11 is 0. The number of nitrogens with one attached hydrogen (secondary N) is 1. The minimum atomic E-state index is -1.39. The SMILES string of the molecule is Fc1ccc(NC2CCCC(C3CC3)C2)c(F)c1F. The highest BCUT2D eigenvalue weighted by molar-refractivity contribution is 5.46. The molecule has 2 fully saturated rings. The molecule has 19 heavy (non-hydrogen) atoms. The fourth-order valence-corrected chi connectivity index (χ4v) is 3.21. The molecule has 2 unspecified atom stereocenters. The maximum atomic E-state index is 13.6. The van der Waals surface area contributed by atoms with Crippen LogP contribution in [-0.4, -0.2) is 6.04 Å². The predicted molar refractivity (Wildman–Crippen MR) is 68.4 cm³/mol. The summed E-state index contributed by atoms with van der Waals surface area (Å²) in [7, 11) is 0. The second-order valence-corrected chi connectivity index (χ2v) is 5.83. The van der Waals surface area contributed by atoms with Gasteiger partial charge in [-0.25, -0.2) is 13.2 Å². The molecule has 4 heteroatoms. The Morgan fingerprint density at radius 3 is 2.42 bits per heavy atom. The first kappa shape index (κ1) is 12.8. The molecule has 0 bridgehead atoms. The highest BCUT2D eigenvalue weighted by Gasteiger charge is 2.34. The zero-order valence-electron chi connectivity index (χ0n) is 10.8. The van der Waals surface area contributed by atoms with E-state index in [0.29, 0.717) is 0 Å². The zero-order valence-corrected chi connectivity index (χ0v) is 10.8. The normalized spacial score (nSPS) is 27.3. The van der Waals surface area contributed by atoms with Crippen LogP contribution in [0.4, 0.5) is 18.9 Å². The maximum absolute atomic E-state index is 13.6. The molecule has 2 saturated carbocycles. The molecule has 0 saturated heterocycles. The van der Waals surface area contributed by atoms with E-state index in [9.17, 15) is 13.2 Å². The number of rotatable bonds is 3. The van der Waals surface area contributed by atoms with Crippen molar-refractivity contribution < 1.29 is 13.2 Å². The average molecular weight is 269 g/mol. The van der Waals surface area contributed by atoms with Crippen molar-refractivity contribution in [2.24, 2.45) is 11.8 Å². The summed E-state index contributed by atoms with van der Waals surface area (Å²) in [5.41, 5.74) is 0.0837. The standard InChI is InChI=1S/C15H18F3N/c16-12-6-7-13(15(18)14(12)17)19-11-3-1-2-10(8-11)9-4-5-9/h6-7,9-11,19H,1-5,8H2. The summed E-state index contributed by atoms with van der Waals surface area (Å²) in [4.78, 5) is 0. The highest BCUT2D eigenvalue weighted by Crippen LogP contribution is 2.44. The van der Waals surface area contributed by atoms with E-state index in [0.717, 1.165) is 37.2 Å². The van der Waals surface area contributed by atoms with E-state index in [1.54, 1.807) is 0 Å². The van der Waals surface area contributed by atoms with Crippen molar-refractivity contribution in [3.05, 3.63) is 29.6 Å². The van der Waals surface area contributed by atoms with E-state index in [4.69, 9.17) is 0 Å². The smallest absolute Gasteiger partial charge is 0.196 e. The van der Waals surface area contributed by atoms with Gasteiger partial charge in [0.05, 0.1) is 5.69 Å². The van der Waals surface area contributed by atoms with E-state index in [1.807, 2.05) is 0 Å². The number of hydrogen-bond acceptors (Lipinski definition) is 1. The molecule has 0 spiro atoms. The Kier molecular flexibility index (Phi) is 3.42. The third-order valence-corrected chi connectivity index (χ3v) is 4.40. The average Bonchev–Trinajstić information content (AvgIpc) is 3.24. The van der Waals surface area contributed by atoms with Gasteiger partial charge in [0.25, 0.3) is 0 Å². The van der Waals surface area contributed by atoms with Crippen LogP contribution in [0, 0.1) is 29.3 Å².